The van der Waals surface area contributed by atoms with Gasteiger partial charge in [-0.2, -0.15) is 0 Å². The van der Waals surface area contributed by atoms with Gasteiger partial charge in [0.15, 0.2) is 0 Å². The van der Waals surface area contributed by atoms with E-state index in [1.54, 1.807) is 0 Å². The van der Waals surface area contributed by atoms with E-state index in [0.29, 0.717) is 0 Å². The molecule has 96 valence electrons. The van der Waals surface area contributed by atoms with Crippen LogP contribution in [0, 0.1) is 10.1 Å². The largest absolute Gasteiger partial charge is 0.465 e. The number of benzene rings is 1. The van der Waals surface area contributed by atoms with E-state index in [2.05, 4.69) is 10.1 Å². The van der Waals surface area contributed by atoms with Gasteiger partial charge in [0.05, 0.1) is 17.6 Å². The number of nitrogens with zero attached hydrogens (tertiary/aromatic N) is 1. The summed E-state index contributed by atoms with van der Waals surface area (Å²) in [5.41, 5.74) is 0.377. The van der Waals surface area contributed by atoms with E-state index >= 15 is 0 Å². The lowest BCUT2D eigenvalue weighted by Gasteiger charge is -2.28. The van der Waals surface area contributed by atoms with Gasteiger partial charge in [-0.15, -0.1) is 0 Å². The molecule has 0 saturated heterocycles. The number of ether oxygens (including phenoxy) is 1. The molecule has 0 aliphatic heterocycles. The van der Waals surface area contributed by atoms with Crippen molar-refractivity contribution in [2.24, 2.45) is 0 Å². The van der Waals surface area contributed by atoms with Gasteiger partial charge in [-0.1, -0.05) is 6.07 Å². The zero-order valence-corrected chi connectivity index (χ0v) is 10.0. The van der Waals surface area contributed by atoms with E-state index in [-0.39, 0.29) is 23.0 Å². The number of para-hydroxylation sites is 1. The van der Waals surface area contributed by atoms with Crippen LogP contribution in [0.1, 0.15) is 29.6 Å². The lowest BCUT2D eigenvalue weighted by molar-refractivity contribution is -0.384. The van der Waals surface area contributed by atoms with Crippen LogP contribution in [-0.2, 0) is 4.74 Å². The number of nitro benzene ring substituents is 1. The maximum atomic E-state index is 11.6. The minimum Gasteiger partial charge on any atom is -0.465 e. The first-order valence-corrected chi connectivity index (χ1v) is 5.75. The third-order valence-corrected chi connectivity index (χ3v) is 3.10. The molecule has 0 aromatic heterocycles. The maximum Gasteiger partial charge on any atom is 0.340 e. The van der Waals surface area contributed by atoms with Gasteiger partial charge in [-0.05, 0) is 25.3 Å². The fourth-order valence-electron chi connectivity index (χ4n) is 1.88. The molecule has 0 spiro atoms. The standard InChI is InChI=1S/C12H14N2O4/c1-18-12(15)9-6-3-7-10(14(16)17)11(9)13-8-4-2-5-8/h3,6-8,13H,2,4-5H2,1H3. The number of rotatable bonds is 4. The summed E-state index contributed by atoms with van der Waals surface area (Å²) in [4.78, 5) is 22.1. The molecule has 0 atom stereocenters. The van der Waals surface area contributed by atoms with E-state index < -0.39 is 10.9 Å². The second-order valence-corrected chi connectivity index (χ2v) is 4.22. The molecule has 0 unspecified atom stereocenters. The second-order valence-electron chi connectivity index (χ2n) is 4.22. The first kappa shape index (κ1) is 12.3. The van der Waals surface area contributed by atoms with Crippen LogP contribution < -0.4 is 5.32 Å². The summed E-state index contributed by atoms with van der Waals surface area (Å²) in [7, 11) is 1.26. The van der Waals surface area contributed by atoms with E-state index in [1.807, 2.05) is 0 Å². The first-order valence-electron chi connectivity index (χ1n) is 5.75. The highest BCUT2D eigenvalue weighted by Gasteiger charge is 2.26. The molecule has 0 heterocycles. The predicted octanol–water partition coefficient (Wildman–Crippen LogP) is 2.35. The van der Waals surface area contributed by atoms with Crippen LogP contribution in [0.3, 0.4) is 0 Å². The normalized spacial score (nSPS) is 14.7. The van der Waals surface area contributed by atoms with Crippen molar-refractivity contribution >= 4 is 17.3 Å². The summed E-state index contributed by atoms with van der Waals surface area (Å²) in [5, 5.41) is 14.1. The van der Waals surface area contributed by atoms with Crippen LogP contribution in [0.5, 0.6) is 0 Å². The van der Waals surface area contributed by atoms with Crippen LogP contribution in [0.15, 0.2) is 18.2 Å². The Morgan fingerprint density at radius 2 is 2.22 bits per heavy atom. The van der Waals surface area contributed by atoms with Crippen molar-refractivity contribution in [3.8, 4) is 0 Å². The predicted molar refractivity (Wildman–Crippen MR) is 65.7 cm³/mol. The molecule has 2 rings (SSSR count). The zero-order chi connectivity index (χ0) is 13.1. The molecule has 0 amide bonds. The topological polar surface area (TPSA) is 81.5 Å². The van der Waals surface area contributed by atoms with Gasteiger partial charge in [0.2, 0.25) is 0 Å². The van der Waals surface area contributed by atoms with Crippen molar-refractivity contribution in [2.45, 2.75) is 25.3 Å². The summed E-state index contributed by atoms with van der Waals surface area (Å²) >= 11 is 0. The second kappa shape index (κ2) is 5.03. The monoisotopic (exact) mass is 250 g/mol. The van der Waals surface area contributed by atoms with Crippen LogP contribution in [0.2, 0.25) is 0 Å². The molecular formula is C12H14N2O4. The quantitative estimate of drug-likeness (QED) is 0.504. The molecule has 1 fully saturated rings. The number of nitro groups is 1. The Bertz CT molecular complexity index is 483. The molecule has 0 bridgehead atoms. The van der Waals surface area contributed by atoms with Crippen molar-refractivity contribution in [3.63, 3.8) is 0 Å². The number of anilines is 1. The first-order chi connectivity index (χ1) is 8.63. The molecule has 1 aromatic carbocycles. The highest BCUT2D eigenvalue weighted by molar-refractivity contribution is 5.98. The molecule has 1 aliphatic rings. The molecule has 6 heteroatoms. The average Bonchev–Trinajstić information content (AvgIpc) is 2.32. The van der Waals surface area contributed by atoms with Crippen LogP contribution in [0.25, 0.3) is 0 Å². The average molecular weight is 250 g/mol. The highest BCUT2D eigenvalue weighted by atomic mass is 16.6. The summed E-state index contributed by atoms with van der Waals surface area (Å²) in [6.45, 7) is 0. The minimum absolute atomic E-state index is 0.0928. The molecule has 1 aromatic rings. The molecule has 1 N–H and O–H groups in total. The molecule has 1 aliphatic carbocycles. The number of carbonyl (C=O) groups is 1. The Hall–Kier alpha value is -2.11. The fraction of sp³-hybridized carbons (Fsp3) is 0.417. The van der Waals surface area contributed by atoms with Gasteiger partial charge in [0, 0.05) is 12.1 Å². The van der Waals surface area contributed by atoms with Gasteiger partial charge < -0.3 is 10.1 Å². The van der Waals surface area contributed by atoms with Crippen LogP contribution in [-0.4, -0.2) is 24.0 Å². The lowest BCUT2D eigenvalue weighted by Crippen LogP contribution is -2.28. The molecule has 1 saturated carbocycles. The maximum absolute atomic E-state index is 11.6. The summed E-state index contributed by atoms with van der Waals surface area (Å²) in [6, 6.07) is 4.60. The number of hydrogen-bond donors (Lipinski definition) is 1. The Morgan fingerprint density at radius 3 is 2.72 bits per heavy atom. The van der Waals surface area contributed by atoms with Crippen molar-refractivity contribution in [2.75, 3.05) is 12.4 Å². The Kier molecular flexibility index (Phi) is 3.45. The zero-order valence-electron chi connectivity index (χ0n) is 10.0. The molecule has 0 radical (unpaired) electrons. The Morgan fingerprint density at radius 1 is 1.50 bits per heavy atom. The lowest BCUT2D eigenvalue weighted by atomic mass is 9.92. The van der Waals surface area contributed by atoms with Crippen molar-refractivity contribution in [1.29, 1.82) is 0 Å². The Balaban J connectivity index is 2.40. The van der Waals surface area contributed by atoms with E-state index in [1.165, 1.54) is 25.3 Å². The van der Waals surface area contributed by atoms with Gasteiger partial charge in [-0.3, -0.25) is 10.1 Å². The number of esters is 1. The SMILES string of the molecule is COC(=O)c1cccc([N+](=O)[O-])c1NC1CCC1. The van der Waals surface area contributed by atoms with Gasteiger partial charge in [0.1, 0.15) is 5.69 Å². The van der Waals surface area contributed by atoms with E-state index in [4.69, 9.17) is 0 Å². The third-order valence-electron chi connectivity index (χ3n) is 3.10. The van der Waals surface area contributed by atoms with Gasteiger partial charge in [0.25, 0.3) is 5.69 Å². The number of nitrogens with one attached hydrogen (secondary N) is 1. The third kappa shape index (κ3) is 2.27. The van der Waals surface area contributed by atoms with E-state index in [9.17, 15) is 14.9 Å². The van der Waals surface area contributed by atoms with Crippen molar-refractivity contribution < 1.29 is 14.5 Å². The molecule has 6 nitrogen and oxygen atoms in total. The van der Waals surface area contributed by atoms with Crippen LogP contribution in [0.4, 0.5) is 11.4 Å². The van der Waals surface area contributed by atoms with Crippen molar-refractivity contribution in [3.05, 3.63) is 33.9 Å². The summed E-state index contributed by atoms with van der Waals surface area (Å²) in [5.74, 6) is -0.569. The number of methoxy groups -OCH3 is 1. The summed E-state index contributed by atoms with van der Waals surface area (Å²) in [6.07, 6.45) is 3.03. The smallest absolute Gasteiger partial charge is 0.340 e. The molecular weight excluding hydrogens is 236 g/mol. The number of hydrogen-bond acceptors (Lipinski definition) is 5. The van der Waals surface area contributed by atoms with Crippen molar-refractivity contribution in [1.82, 2.24) is 0 Å². The Labute approximate surface area is 104 Å². The van der Waals surface area contributed by atoms with Gasteiger partial charge in [-0.25, -0.2) is 4.79 Å². The highest BCUT2D eigenvalue weighted by Crippen LogP contribution is 2.32. The van der Waals surface area contributed by atoms with Gasteiger partial charge >= 0.3 is 5.97 Å². The minimum atomic E-state index is -0.569. The van der Waals surface area contributed by atoms with Crippen LogP contribution >= 0.6 is 0 Å². The molecule has 18 heavy (non-hydrogen) atoms. The number of carbonyl (C=O) groups excluding carboxylic acids is 1. The summed E-state index contributed by atoms with van der Waals surface area (Å²) < 4.78 is 4.64. The fourth-order valence-corrected chi connectivity index (χ4v) is 1.88. The van der Waals surface area contributed by atoms with E-state index in [0.717, 1.165) is 19.3 Å².